The van der Waals surface area contributed by atoms with Crippen LogP contribution in [0.5, 0.6) is 0 Å². The number of carbonyl (C=O) groups excluding carboxylic acids is 2. The normalized spacial score (nSPS) is 13.2. The molecule has 0 saturated carbocycles. The molecule has 0 aromatic heterocycles. The lowest BCUT2D eigenvalue weighted by Crippen LogP contribution is -2.35. The van der Waals surface area contributed by atoms with Gasteiger partial charge in [-0.25, -0.2) is 4.90 Å². The van der Waals surface area contributed by atoms with Gasteiger partial charge in [-0.2, -0.15) is 13.2 Å². The van der Waals surface area contributed by atoms with Gasteiger partial charge in [-0.15, -0.1) is 0 Å². The van der Waals surface area contributed by atoms with Crippen LogP contribution in [0.1, 0.15) is 34.8 Å². The second-order valence-electron chi connectivity index (χ2n) is 8.31. The minimum atomic E-state index is -4.53. The Kier molecular flexibility index (Phi) is 7.16. The maximum atomic E-state index is 13.3. The summed E-state index contributed by atoms with van der Waals surface area (Å²) in [5.74, 6) is -1.47. The van der Waals surface area contributed by atoms with E-state index in [-0.39, 0.29) is 27.0 Å². The third-order valence-corrected chi connectivity index (χ3v) is 6.55. The number of hydrogen-bond donors (Lipinski definition) is 0. The molecular weight excluding hydrogens is 534 g/mol. The van der Waals surface area contributed by atoms with E-state index in [0.29, 0.717) is 30.8 Å². The average Bonchev–Trinajstić information content (AvgIpc) is 2.83. The van der Waals surface area contributed by atoms with Crippen LogP contribution < -0.4 is 9.80 Å². The van der Waals surface area contributed by atoms with Crippen molar-refractivity contribution in [3.05, 3.63) is 91.4 Å². The predicted molar refractivity (Wildman–Crippen MR) is 134 cm³/mol. The van der Waals surface area contributed by atoms with Crippen LogP contribution in [0.25, 0.3) is 0 Å². The molecule has 4 rings (SSSR count). The Hall–Kier alpha value is -3.63. The number of nitrogens with zero attached hydrogens (tertiary/aromatic N) is 3. The zero-order chi connectivity index (χ0) is 27.1. The fraction of sp³-hybridized carbons (Fsp3) is 0.200. The van der Waals surface area contributed by atoms with E-state index in [1.807, 2.05) is 0 Å². The zero-order valence-corrected chi connectivity index (χ0v) is 20.7. The fourth-order valence-corrected chi connectivity index (χ4v) is 4.71. The summed E-state index contributed by atoms with van der Waals surface area (Å²) in [5, 5.41) is 11.0. The lowest BCUT2D eigenvalue weighted by molar-refractivity contribution is -0.384. The molecule has 7 nitrogen and oxygen atoms in total. The highest BCUT2D eigenvalue weighted by Gasteiger charge is 2.32. The van der Waals surface area contributed by atoms with E-state index in [9.17, 15) is 32.9 Å². The smallest absolute Gasteiger partial charge is 0.340 e. The Morgan fingerprint density at radius 1 is 1.00 bits per heavy atom. The van der Waals surface area contributed by atoms with E-state index >= 15 is 0 Å². The number of halogens is 5. The van der Waals surface area contributed by atoms with Gasteiger partial charge >= 0.3 is 6.18 Å². The summed E-state index contributed by atoms with van der Waals surface area (Å²) in [6.45, 7) is 1.67. The van der Waals surface area contributed by atoms with E-state index in [0.717, 1.165) is 34.7 Å². The Labute approximate surface area is 219 Å². The quantitative estimate of drug-likeness (QED) is 0.253. The van der Waals surface area contributed by atoms with E-state index < -0.39 is 28.5 Å². The second kappa shape index (κ2) is 10.0. The Balaban J connectivity index is 1.72. The first-order valence-corrected chi connectivity index (χ1v) is 11.7. The van der Waals surface area contributed by atoms with Gasteiger partial charge in [0.05, 0.1) is 37.5 Å². The number of nitro benzene ring substituents is 1. The van der Waals surface area contributed by atoms with Gasteiger partial charge in [0, 0.05) is 31.3 Å². The van der Waals surface area contributed by atoms with Gasteiger partial charge in [-0.1, -0.05) is 23.2 Å². The van der Waals surface area contributed by atoms with E-state index in [4.69, 9.17) is 23.2 Å². The van der Waals surface area contributed by atoms with Crippen LogP contribution in [-0.2, 0) is 17.4 Å². The van der Waals surface area contributed by atoms with Gasteiger partial charge < -0.3 is 4.90 Å². The number of carbonyl (C=O) groups is 2. The molecule has 0 saturated heterocycles. The van der Waals surface area contributed by atoms with Crippen LogP contribution in [0.3, 0.4) is 0 Å². The standard InChI is InChI=1S/C25H18Cl2F3N3O4/c1-14(34)32(24(35)19-13-18(33(36)37)5-7-20(19)26)17-6-9-22-15(11-17)3-2-10-31(22)23-8-4-16(12-21(23)27)25(28,29)30/h4-9,11-13H,2-3,10H2,1H3. The van der Waals surface area contributed by atoms with Crippen molar-refractivity contribution in [1.82, 2.24) is 0 Å². The molecule has 0 fully saturated rings. The summed E-state index contributed by atoms with van der Waals surface area (Å²) in [6, 6.07) is 11.3. The molecule has 2 amide bonds. The summed E-state index contributed by atoms with van der Waals surface area (Å²) < 4.78 is 39.2. The number of nitro groups is 1. The molecule has 0 bridgehead atoms. The molecular formula is C25H18Cl2F3N3O4. The number of alkyl halides is 3. The highest BCUT2D eigenvalue weighted by Crippen LogP contribution is 2.41. The molecule has 192 valence electrons. The number of benzene rings is 3. The van der Waals surface area contributed by atoms with Gasteiger partial charge in [0.25, 0.3) is 11.6 Å². The zero-order valence-electron chi connectivity index (χ0n) is 19.2. The van der Waals surface area contributed by atoms with Crippen molar-refractivity contribution in [3.63, 3.8) is 0 Å². The van der Waals surface area contributed by atoms with Gasteiger partial charge in [0.2, 0.25) is 5.91 Å². The molecule has 0 N–H and O–H groups in total. The van der Waals surface area contributed by atoms with Gasteiger partial charge in [0.1, 0.15) is 0 Å². The summed E-state index contributed by atoms with van der Waals surface area (Å²) in [7, 11) is 0. The van der Waals surface area contributed by atoms with E-state index in [1.165, 1.54) is 25.1 Å². The van der Waals surface area contributed by atoms with Crippen LogP contribution in [0.15, 0.2) is 54.6 Å². The Morgan fingerprint density at radius 3 is 2.32 bits per heavy atom. The molecule has 3 aromatic carbocycles. The lowest BCUT2D eigenvalue weighted by atomic mass is 9.99. The molecule has 1 heterocycles. The Bertz CT molecular complexity index is 1430. The minimum Gasteiger partial charge on any atom is -0.340 e. The van der Waals surface area contributed by atoms with Crippen molar-refractivity contribution in [2.24, 2.45) is 0 Å². The number of amides is 2. The lowest BCUT2D eigenvalue weighted by Gasteiger charge is -2.33. The third-order valence-electron chi connectivity index (χ3n) is 5.91. The van der Waals surface area contributed by atoms with Crippen LogP contribution in [0.4, 0.5) is 35.9 Å². The molecule has 0 aliphatic carbocycles. The molecule has 3 aromatic rings. The number of aryl methyl sites for hydroxylation is 1. The molecule has 1 aliphatic heterocycles. The summed E-state index contributed by atoms with van der Waals surface area (Å²) in [5.41, 5.74) is 0.604. The summed E-state index contributed by atoms with van der Waals surface area (Å²) in [6.07, 6.45) is -3.31. The topological polar surface area (TPSA) is 83.8 Å². The van der Waals surface area contributed by atoms with Crippen molar-refractivity contribution in [1.29, 1.82) is 0 Å². The fourth-order valence-electron chi connectivity index (χ4n) is 4.23. The van der Waals surface area contributed by atoms with Gasteiger partial charge in [0.15, 0.2) is 0 Å². The predicted octanol–water partition coefficient (Wildman–Crippen LogP) is 7.20. The van der Waals surface area contributed by atoms with Crippen LogP contribution in [-0.4, -0.2) is 23.3 Å². The largest absolute Gasteiger partial charge is 0.416 e. The van der Waals surface area contributed by atoms with Crippen molar-refractivity contribution in [2.45, 2.75) is 25.9 Å². The first kappa shape index (κ1) is 26.4. The highest BCUT2D eigenvalue weighted by molar-refractivity contribution is 6.36. The van der Waals surface area contributed by atoms with Crippen LogP contribution >= 0.6 is 23.2 Å². The molecule has 0 radical (unpaired) electrons. The maximum absolute atomic E-state index is 13.3. The molecule has 37 heavy (non-hydrogen) atoms. The molecule has 0 unspecified atom stereocenters. The molecule has 0 spiro atoms. The van der Waals surface area contributed by atoms with Crippen molar-refractivity contribution in [2.75, 3.05) is 16.3 Å². The van der Waals surface area contributed by atoms with E-state index in [1.54, 1.807) is 17.0 Å². The number of rotatable bonds is 4. The number of hydrogen-bond acceptors (Lipinski definition) is 5. The van der Waals surface area contributed by atoms with Crippen molar-refractivity contribution >= 4 is 57.8 Å². The minimum absolute atomic E-state index is 0.0528. The summed E-state index contributed by atoms with van der Waals surface area (Å²) in [4.78, 5) is 38.9. The third kappa shape index (κ3) is 5.26. The van der Waals surface area contributed by atoms with Crippen LogP contribution in [0.2, 0.25) is 10.0 Å². The number of fused-ring (bicyclic) bond motifs is 1. The van der Waals surface area contributed by atoms with Crippen molar-refractivity contribution < 1.29 is 27.7 Å². The van der Waals surface area contributed by atoms with Gasteiger partial charge in [-0.3, -0.25) is 19.7 Å². The molecule has 0 atom stereocenters. The second-order valence-corrected chi connectivity index (χ2v) is 9.13. The Morgan fingerprint density at radius 2 is 1.70 bits per heavy atom. The summed E-state index contributed by atoms with van der Waals surface area (Å²) >= 11 is 12.3. The monoisotopic (exact) mass is 551 g/mol. The van der Waals surface area contributed by atoms with Crippen molar-refractivity contribution in [3.8, 4) is 0 Å². The first-order valence-electron chi connectivity index (χ1n) is 10.9. The van der Waals surface area contributed by atoms with E-state index in [2.05, 4.69) is 0 Å². The first-order chi connectivity index (χ1) is 17.4. The number of anilines is 3. The highest BCUT2D eigenvalue weighted by atomic mass is 35.5. The maximum Gasteiger partial charge on any atom is 0.416 e. The number of non-ortho nitro benzene ring substituents is 1. The van der Waals surface area contributed by atoms with Gasteiger partial charge in [-0.05, 0) is 60.9 Å². The SMILES string of the molecule is CC(=O)N(C(=O)c1cc([N+](=O)[O-])ccc1Cl)c1ccc2c(c1)CCCN2c1ccc(C(F)(F)F)cc1Cl. The average molecular weight is 552 g/mol. The van der Waals surface area contributed by atoms with Crippen LogP contribution in [0, 0.1) is 10.1 Å². The molecule has 12 heteroatoms. The molecule has 1 aliphatic rings. The number of imide groups is 1.